The van der Waals surface area contributed by atoms with Crippen LogP contribution in [0.4, 0.5) is 0 Å². The lowest BCUT2D eigenvalue weighted by Crippen LogP contribution is -2.43. The third-order valence-corrected chi connectivity index (χ3v) is 4.69. The molecule has 2 unspecified atom stereocenters. The van der Waals surface area contributed by atoms with Crippen LogP contribution in [0.5, 0.6) is 0 Å². The number of oxazole rings is 1. The lowest BCUT2D eigenvalue weighted by atomic mass is 9.73. The van der Waals surface area contributed by atoms with Gasteiger partial charge in [-0.05, 0) is 25.0 Å². The van der Waals surface area contributed by atoms with Gasteiger partial charge in [0.05, 0.1) is 11.8 Å². The standard InChI is InChI=1S/C18H24N2O2/c1-18(10-6-5-9-16(18)21)13-19-11-15-12-22-17(20-15)14-7-3-2-4-8-14/h2-4,7-8,12,16,19,21H,5-6,9-11,13H2,1H3. The first-order chi connectivity index (χ1) is 10.7. The second-order valence-electron chi connectivity index (χ2n) is 6.53. The Bertz CT molecular complexity index is 596. The second-order valence-corrected chi connectivity index (χ2v) is 6.53. The summed E-state index contributed by atoms with van der Waals surface area (Å²) in [5.74, 6) is 0.654. The summed E-state index contributed by atoms with van der Waals surface area (Å²) in [5, 5.41) is 13.6. The van der Waals surface area contributed by atoms with Crippen molar-refractivity contribution in [2.24, 2.45) is 5.41 Å². The van der Waals surface area contributed by atoms with E-state index in [1.165, 1.54) is 6.42 Å². The first-order valence-corrected chi connectivity index (χ1v) is 8.06. The van der Waals surface area contributed by atoms with Gasteiger partial charge in [-0.15, -0.1) is 0 Å². The molecule has 0 amide bonds. The monoisotopic (exact) mass is 300 g/mol. The zero-order valence-electron chi connectivity index (χ0n) is 13.1. The van der Waals surface area contributed by atoms with Crippen molar-refractivity contribution < 1.29 is 9.52 Å². The van der Waals surface area contributed by atoms with E-state index in [0.29, 0.717) is 12.4 Å². The summed E-state index contributed by atoms with van der Waals surface area (Å²) in [6.45, 7) is 3.64. The Hall–Kier alpha value is -1.65. The van der Waals surface area contributed by atoms with Crippen molar-refractivity contribution in [3.63, 3.8) is 0 Å². The summed E-state index contributed by atoms with van der Waals surface area (Å²) in [6, 6.07) is 9.90. The van der Waals surface area contributed by atoms with Crippen molar-refractivity contribution in [2.75, 3.05) is 6.54 Å². The van der Waals surface area contributed by atoms with E-state index in [4.69, 9.17) is 4.42 Å². The molecule has 22 heavy (non-hydrogen) atoms. The fourth-order valence-corrected chi connectivity index (χ4v) is 3.17. The Labute approximate surface area is 131 Å². The average Bonchev–Trinajstić information content (AvgIpc) is 3.00. The van der Waals surface area contributed by atoms with E-state index < -0.39 is 0 Å². The first kappa shape index (κ1) is 15.3. The number of aliphatic hydroxyl groups is 1. The van der Waals surface area contributed by atoms with Crippen LogP contribution in [0.2, 0.25) is 0 Å². The van der Waals surface area contributed by atoms with Crippen LogP contribution in [0.1, 0.15) is 38.3 Å². The lowest BCUT2D eigenvalue weighted by Gasteiger charge is -2.38. The van der Waals surface area contributed by atoms with Crippen molar-refractivity contribution in [2.45, 2.75) is 45.3 Å². The molecule has 1 saturated carbocycles. The number of aliphatic hydroxyl groups excluding tert-OH is 1. The van der Waals surface area contributed by atoms with Crippen LogP contribution in [0.3, 0.4) is 0 Å². The molecule has 1 fully saturated rings. The predicted octanol–water partition coefficient (Wildman–Crippen LogP) is 3.37. The van der Waals surface area contributed by atoms with Crippen molar-refractivity contribution >= 4 is 0 Å². The maximum atomic E-state index is 10.2. The molecule has 1 aromatic carbocycles. The highest BCUT2D eigenvalue weighted by molar-refractivity contribution is 5.52. The van der Waals surface area contributed by atoms with Crippen LogP contribution in [0.25, 0.3) is 11.5 Å². The van der Waals surface area contributed by atoms with Gasteiger partial charge < -0.3 is 14.8 Å². The van der Waals surface area contributed by atoms with E-state index in [-0.39, 0.29) is 11.5 Å². The summed E-state index contributed by atoms with van der Waals surface area (Å²) in [7, 11) is 0. The maximum absolute atomic E-state index is 10.2. The van der Waals surface area contributed by atoms with Crippen molar-refractivity contribution in [3.8, 4) is 11.5 Å². The molecule has 2 atom stereocenters. The van der Waals surface area contributed by atoms with E-state index in [0.717, 1.165) is 37.1 Å². The quantitative estimate of drug-likeness (QED) is 0.889. The van der Waals surface area contributed by atoms with Gasteiger partial charge in [0.1, 0.15) is 6.26 Å². The van der Waals surface area contributed by atoms with Crippen LogP contribution < -0.4 is 5.32 Å². The van der Waals surface area contributed by atoms with E-state index in [9.17, 15) is 5.11 Å². The minimum absolute atomic E-state index is 0.0236. The van der Waals surface area contributed by atoms with Gasteiger partial charge in [-0.25, -0.2) is 4.98 Å². The highest BCUT2D eigenvalue weighted by Gasteiger charge is 2.34. The van der Waals surface area contributed by atoms with Crippen LogP contribution in [-0.2, 0) is 6.54 Å². The number of rotatable bonds is 5. The Kier molecular flexibility index (Phi) is 4.60. The highest BCUT2D eigenvalue weighted by Crippen LogP contribution is 2.35. The van der Waals surface area contributed by atoms with E-state index in [1.807, 2.05) is 30.3 Å². The number of nitrogens with one attached hydrogen (secondary N) is 1. The fraction of sp³-hybridized carbons (Fsp3) is 0.500. The molecular formula is C18H24N2O2. The van der Waals surface area contributed by atoms with Crippen LogP contribution in [0, 0.1) is 5.41 Å². The summed E-state index contributed by atoms with van der Waals surface area (Å²) in [4.78, 5) is 4.51. The molecule has 4 heteroatoms. The Morgan fingerprint density at radius 1 is 1.32 bits per heavy atom. The summed E-state index contributed by atoms with van der Waals surface area (Å²) in [5.41, 5.74) is 1.86. The van der Waals surface area contributed by atoms with E-state index >= 15 is 0 Å². The number of hydrogen-bond acceptors (Lipinski definition) is 4. The van der Waals surface area contributed by atoms with Gasteiger partial charge in [-0.2, -0.15) is 0 Å². The van der Waals surface area contributed by atoms with Crippen LogP contribution in [-0.4, -0.2) is 22.7 Å². The van der Waals surface area contributed by atoms with Gasteiger partial charge >= 0.3 is 0 Å². The Morgan fingerprint density at radius 3 is 2.91 bits per heavy atom. The van der Waals surface area contributed by atoms with Crippen molar-refractivity contribution in [1.29, 1.82) is 0 Å². The topological polar surface area (TPSA) is 58.3 Å². The van der Waals surface area contributed by atoms with E-state index in [1.54, 1.807) is 6.26 Å². The molecule has 0 spiro atoms. The number of nitrogens with zero attached hydrogens (tertiary/aromatic N) is 1. The van der Waals surface area contributed by atoms with Crippen LogP contribution in [0.15, 0.2) is 41.0 Å². The molecule has 4 nitrogen and oxygen atoms in total. The predicted molar refractivity (Wildman–Crippen MR) is 86.2 cm³/mol. The molecule has 1 aromatic heterocycles. The number of benzene rings is 1. The molecule has 0 aliphatic heterocycles. The minimum Gasteiger partial charge on any atom is -0.444 e. The van der Waals surface area contributed by atoms with E-state index in [2.05, 4.69) is 17.2 Å². The maximum Gasteiger partial charge on any atom is 0.226 e. The van der Waals surface area contributed by atoms with Gasteiger partial charge in [0.15, 0.2) is 0 Å². The van der Waals surface area contributed by atoms with Crippen molar-refractivity contribution in [1.82, 2.24) is 10.3 Å². The Morgan fingerprint density at radius 2 is 2.14 bits per heavy atom. The molecule has 0 bridgehead atoms. The molecule has 1 aliphatic rings. The summed E-state index contributed by atoms with van der Waals surface area (Å²) in [6.07, 6.45) is 5.84. The summed E-state index contributed by atoms with van der Waals surface area (Å²) < 4.78 is 5.54. The molecule has 0 saturated heterocycles. The molecule has 0 radical (unpaired) electrons. The average molecular weight is 300 g/mol. The van der Waals surface area contributed by atoms with Gasteiger partial charge in [-0.1, -0.05) is 38.0 Å². The SMILES string of the molecule is CC1(CNCc2coc(-c3ccccc3)n2)CCCCC1O. The van der Waals surface area contributed by atoms with Crippen molar-refractivity contribution in [3.05, 3.63) is 42.3 Å². The summed E-state index contributed by atoms with van der Waals surface area (Å²) >= 11 is 0. The zero-order chi connectivity index (χ0) is 15.4. The number of hydrogen-bond donors (Lipinski definition) is 2. The molecular weight excluding hydrogens is 276 g/mol. The van der Waals surface area contributed by atoms with Gasteiger partial charge in [0, 0.05) is 24.1 Å². The molecule has 118 valence electrons. The molecule has 2 N–H and O–H groups in total. The molecule has 2 aromatic rings. The van der Waals surface area contributed by atoms with Gasteiger partial charge in [0.25, 0.3) is 0 Å². The third kappa shape index (κ3) is 3.39. The Balaban J connectivity index is 1.55. The third-order valence-electron chi connectivity index (χ3n) is 4.69. The first-order valence-electron chi connectivity index (χ1n) is 8.06. The molecule has 1 heterocycles. The largest absolute Gasteiger partial charge is 0.444 e. The second kappa shape index (κ2) is 6.63. The number of aromatic nitrogens is 1. The normalized spacial score (nSPS) is 25.3. The van der Waals surface area contributed by atoms with Gasteiger partial charge in [-0.3, -0.25) is 0 Å². The molecule has 3 rings (SSSR count). The van der Waals surface area contributed by atoms with Crippen LogP contribution >= 0.6 is 0 Å². The smallest absolute Gasteiger partial charge is 0.226 e. The highest BCUT2D eigenvalue weighted by atomic mass is 16.3. The van der Waals surface area contributed by atoms with Gasteiger partial charge in [0.2, 0.25) is 5.89 Å². The fourth-order valence-electron chi connectivity index (χ4n) is 3.17. The minimum atomic E-state index is -0.203. The molecule has 1 aliphatic carbocycles. The zero-order valence-corrected chi connectivity index (χ0v) is 13.1. The lowest BCUT2D eigenvalue weighted by molar-refractivity contribution is 0.00111.